The van der Waals surface area contributed by atoms with Crippen LogP contribution >= 0.6 is 0 Å². The van der Waals surface area contributed by atoms with E-state index in [9.17, 15) is 4.79 Å². The fourth-order valence-electron chi connectivity index (χ4n) is 2.96. The number of hydrogen-bond acceptors (Lipinski definition) is 4. The van der Waals surface area contributed by atoms with Crippen molar-refractivity contribution in [3.63, 3.8) is 0 Å². The summed E-state index contributed by atoms with van der Waals surface area (Å²) in [7, 11) is 7.37. The van der Waals surface area contributed by atoms with Gasteiger partial charge in [0.1, 0.15) is 7.85 Å². The molecule has 1 saturated heterocycles. The maximum absolute atomic E-state index is 11.9. The fourth-order valence-corrected chi connectivity index (χ4v) is 2.96. The first kappa shape index (κ1) is 15.9. The first-order valence-electron chi connectivity index (χ1n) is 7.41. The van der Waals surface area contributed by atoms with Crippen LogP contribution in [0.5, 0.6) is 0 Å². The van der Waals surface area contributed by atoms with E-state index in [1.807, 2.05) is 13.0 Å². The molecule has 0 unspecified atom stereocenters. The molecule has 112 valence electrons. The lowest BCUT2D eigenvalue weighted by atomic mass is 9.90. The van der Waals surface area contributed by atoms with E-state index in [0.29, 0.717) is 17.1 Å². The zero-order valence-corrected chi connectivity index (χ0v) is 13.0. The Kier molecular flexibility index (Phi) is 5.29. The van der Waals surface area contributed by atoms with Gasteiger partial charge in [-0.05, 0) is 38.3 Å². The summed E-state index contributed by atoms with van der Waals surface area (Å²) in [5.41, 5.74) is 3.06. The Balaban J connectivity index is 2.40. The summed E-state index contributed by atoms with van der Waals surface area (Å²) in [6, 6.07) is 4.05. The average molecular weight is 287 g/mol. The van der Waals surface area contributed by atoms with Crippen molar-refractivity contribution in [1.82, 2.24) is 0 Å². The minimum Gasteiger partial charge on any atom is -0.465 e. The molecule has 2 rings (SSSR count). The van der Waals surface area contributed by atoms with Gasteiger partial charge in [-0.25, -0.2) is 4.79 Å². The van der Waals surface area contributed by atoms with E-state index in [1.54, 1.807) is 6.07 Å². The molecular formula is C16H22BNO3. The van der Waals surface area contributed by atoms with Crippen LogP contribution in [-0.4, -0.2) is 46.7 Å². The summed E-state index contributed by atoms with van der Waals surface area (Å²) in [6.07, 6.45) is 1.99. The van der Waals surface area contributed by atoms with Gasteiger partial charge < -0.3 is 14.4 Å². The van der Waals surface area contributed by atoms with Gasteiger partial charge in [0.2, 0.25) is 0 Å². The van der Waals surface area contributed by atoms with Gasteiger partial charge >= 0.3 is 5.97 Å². The standard InChI is InChI=1S/C16H22BNO3/c1-4-18(13-5-7-21-8-6-13)15-10-12(17)9-14(11(15)2)16(19)20-3/h9-10,13H,4-8H2,1-3H3. The zero-order chi connectivity index (χ0) is 15.4. The lowest BCUT2D eigenvalue weighted by Crippen LogP contribution is -2.40. The van der Waals surface area contributed by atoms with Gasteiger partial charge in [-0.15, -0.1) is 0 Å². The van der Waals surface area contributed by atoms with Gasteiger partial charge in [0, 0.05) is 31.5 Å². The van der Waals surface area contributed by atoms with Crippen LogP contribution in [0.1, 0.15) is 35.7 Å². The number of anilines is 1. The van der Waals surface area contributed by atoms with Crippen LogP contribution in [0.2, 0.25) is 0 Å². The van der Waals surface area contributed by atoms with E-state index in [4.69, 9.17) is 17.3 Å². The summed E-state index contributed by atoms with van der Waals surface area (Å²) >= 11 is 0. The number of methoxy groups -OCH3 is 1. The molecule has 5 heteroatoms. The second-order valence-electron chi connectivity index (χ2n) is 5.33. The predicted molar refractivity (Wildman–Crippen MR) is 84.8 cm³/mol. The quantitative estimate of drug-likeness (QED) is 0.622. The summed E-state index contributed by atoms with van der Waals surface area (Å²) in [6.45, 7) is 6.51. The molecule has 0 bridgehead atoms. The number of nitrogens with zero attached hydrogens (tertiary/aromatic N) is 1. The first-order valence-corrected chi connectivity index (χ1v) is 7.41. The predicted octanol–water partition coefficient (Wildman–Crippen LogP) is 1.58. The fraction of sp³-hybridized carbons (Fsp3) is 0.562. The molecule has 0 amide bonds. The van der Waals surface area contributed by atoms with Crippen molar-refractivity contribution in [2.45, 2.75) is 32.7 Å². The average Bonchev–Trinajstić information content (AvgIpc) is 2.51. The normalized spacial score (nSPS) is 15.8. The van der Waals surface area contributed by atoms with Crippen LogP contribution in [0.15, 0.2) is 12.1 Å². The molecule has 0 aromatic heterocycles. The molecule has 2 radical (unpaired) electrons. The zero-order valence-electron chi connectivity index (χ0n) is 13.0. The highest BCUT2D eigenvalue weighted by atomic mass is 16.5. The van der Waals surface area contributed by atoms with Gasteiger partial charge in [0.15, 0.2) is 0 Å². The van der Waals surface area contributed by atoms with Gasteiger partial charge in [-0.2, -0.15) is 0 Å². The highest BCUT2D eigenvalue weighted by Crippen LogP contribution is 2.27. The third kappa shape index (κ3) is 3.40. The molecule has 1 aromatic carbocycles. The number of carbonyl (C=O) groups is 1. The maximum Gasteiger partial charge on any atom is 0.338 e. The number of ether oxygens (including phenoxy) is 2. The number of hydrogen-bond donors (Lipinski definition) is 0. The Hall–Kier alpha value is -1.49. The Bertz CT molecular complexity index is 512. The van der Waals surface area contributed by atoms with Gasteiger partial charge in [-0.1, -0.05) is 11.5 Å². The molecule has 1 fully saturated rings. The molecule has 0 N–H and O–H groups in total. The van der Waals surface area contributed by atoms with E-state index < -0.39 is 0 Å². The Morgan fingerprint density at radius 1 is 1.43 bits per heavy atom. The number of rotatable bonds is 4. The van der Waals surface area contributed by atoms with Crippen LogP contribution in [0, 0.1) is 6.92 Å². The van der Waals surface area contributed by atoms with E-state index in [-0.39, 0.29) is 5.97 Å². The molecular weight excluding hydrogens is 265 g/mol. The number of benzene rings is 1. The highest BCUT2D eigenvalue weighted by molar-refractivity contribution is 6.33. The Morgan fingerprint density at radius 2 is 2.10 bits per heavy atom. The van der Waals surface area contributed by atoms with Crippen LogP contribution in [0.25, 0.3) is 0 Å². The molecule has 0 spiro atoms. The molecule has 0 aliphatic carbocycles. The lowest BCUT2D eigenvalue weighted by molar-refractivity contribution is 0.0600. The summed E-state index contributed by atoms with van der Waals surface area (Å²) < 4.78 is 10.3. The van der Waals surface area contributed by atoms with Gasteiger partial charge in [0.05, 0.1) is 12.7 Å². The van der Waals surface area contributed by atoms with Crippen molar-refractivity contribution in [3.05, 3.63) is 23.3 Å². The van der Waals surface area contributed by atoms with Crippen molar-refractivity contribution >= 4 is 25.0 Å². The van der Waals surface area contributed by atoms with Crippen LogP contribution < -0.4 is 10.4 Å². The largest absolute Gasteiger partial charge is 0.465 e. The third-order valence-electron chi connectivity index (χ3n) is 4.09. The second-order valence-corrected chi connectivity index (χ2v) is 5.33. The SMILES string of the molecule is [B]c1cc(C(=O)OC)c(C)c(N(CC)C2CCOCC2)c1. The van der Waals surface area contributed by atoms with Crippen LogP contribution in [0.3, 0.4) is 0 Å². The molecule has 1 aromatic rings. The summed E-state index contributed by atoms with van der Waals surface area (Å²) in [5.74, 6) is -0.343. The first-order chi connectivity index (χ1) is 10.1. The van der Waals surface area contributed by atoms with Gasteiger partial charge in [-0.3, -0.25) is 0 Å². The Morgan fingerprint density at radius 3 is 2.67 bits per heavy atom. The molecule has 21 heavy (non-hydrogen) atoms. The smallest absolute Gasteiger partial charge is 0.338 e. The molecule has 4 nitrogen and oxygen atoms in total. The molecule has 1 heterocycles. The van der Waals surface area contributed by atoms with Crippen molar-refractivity contribution in [1.29, 1.82) is 0 Å². The molecule has 1 aliphatic heterocycles. The van der Waals surface area contributed by atoms with Crippen LogP contribution in [-0.2, 0) is 9.47 Å². The topological polar surface area (TPSA) is 38.8 Å². The minimum absolute atomic E-state index is 0.343. The summed E-state index contributed by atoms with van der Waals surface area (Å²) in [5, 5.41) is 0. The van der Waals surface area contributed by atoms with Crippen molar-refractivity contribution in [2.24, 2.45) is 0 Å². The number of carbonyl (C=O) groups excluding carboxylic acids is 1. The van der Waals surface area contributed by atoms with Crippen molar-refractivity contribution in [2.75, 3.05) is 31.8 Å². The highest BCUT2D eigenvalue weighted by Gasteiger charge is 2.24. The number of esters is 1. The molecule has 0 atom stereocenters. The molecule has 1 aliphatic rings. The van der Waals surface area contributed by atoms with Crippen molar-refractivity contribution < 1.29 is 14.3 Å². The minimum atomic E-state index is -0.343. The monoisotopic (exact) mass is 287 g/mol. The second kappa shape index (κ2) is 6.99. The van der Waals surface area contributed by atoms with E-state index in [1.165, 1.54) is 7.11 Å². The third-order valence-corrected chi connectivity index (χ3v) is 4.09. The maximum atomic E-state index is 11.9. The Labute approximate surface area is 127 Å². The molecule has 0 saturated carbocycles. The lowest BCUT2D eigenvalue weighted by Gasteiger charge is -2.36. The van der Waals surface area contributed by atoms with E-state index in [0.717, 1.165) is 43.9 Å². The van der Waals surface area contributed by atoms with Crippen LogP contribution in [0.4, 0.5) is 5.69 Å². The summed E-state index contributed by atoms with van der Waals surface area (Å²) in [4.78, 5) is 14.2. The van der Waals surface area contributed by atoms with Crippen molar-refractivity contribution in [3.8, 4) is 0 Å². The van der Waals surface area contributed by atoms with E-state index >= 15 is 0 Å². The van der Waals surface area contributed by atoms with Gasteiger partial charge in [0.25, 0.3) is 0 Å². The van der Waals surface area contributed by atoms with E-state index in [2.05, 4.69) is 11.8 Å².